The highest BCUT2D eigenvalue weighted by atomic mass is 32.3. The first-order chi connectivity index (χ1) is 8.96. The zero-order valence-electron chi connectivity index (χ0n) is 10.7. The van der Waals surface area contributed by atoms with E-state index in [1.807, 2.05) is 25.1 Å². The van der Waals surface area contributed by atoms with Gasteiger partial charge in [0.2, 0.25) is 0 Å². The molecule has 0 aromatic heterocycles. The van der Waals surface area contributed by atoms with E-state index in [-0.39, 0.29) is 6.61 Å². The molecule has 2 aromatic rings. The van der Waals surface area contributed by atoms with Gasteiger partial charge >= 0.3 is 10.4 Å². The first kappa shape index (κ1) is 14.0. The van der Waals surface area contributed by atoms with Crippen molar-refractivity contribution in [2.45, 2.75) is 19.8 Å². The van der Waals surface area contributed by atoms with Crippen molar-refractivity contribution in [1.29, 1.82) is 0 Å². The molecule has 0 radical (unpaired) electrons. The molecule has 0 unspecified atom stereocenters. The summed E-state index contributed by atoms with van der Waals surface area (Å²) in [7, 11) is -4.33. The van der Waals surface area contributed by atoms with Gasteiger partial charge in [-0.15, -0.1) is 0 Å². The van der Waals surface area contributed by atoms with E-state index in [1.165, 1.54) is 16.3 Å². The number of benzene rings is 2. The van der Waals surface area contributed by atoms with E-state index in [0.717, 1.165) is 5.56 Å². The molecule has 0 aliphatic carbocycles. The average molecular weight is 280 g/mol. The van der Waals surface area contributed by atoms with Crippen molar-refractivity contribution in [2.24, 2.45) is 0 Å². The molecule has 0 aliphatic rings. The third-order valence-electron chi connectivity index (χ3n) is 2.95. The van der Waals surface area contributed by atoms with Crippen LogP contribution in [-0.2, 0) is 21.0 Å². The minimum Gasteiger partial charge on any atom is -0.264 e. The molecule has 1 N–H and O–H groups in total. The fourth-order valence-electron chi connectivity index (χ4n) is 2.10. The molecule has 5 heteroatoms. The molecule has 102 valence electrons. The predicted molar refractivity (Wildman–Crippen MR) is 74.5 cm³/mol. The van der Waals surface area contributed by atoms with E-state index in [9.17, 15) is 8.42 Å². The lowest BCUT2D eigenvalue weighted by Crippen LogP contribution is -2.05. The first-order valence-corrected chi connectivity index (χ1v) is 7.42. The minimum absolute atomic E-state index is 0.0129. The lowest BCUT2D eigenvalue weighted by molar-refractivity contribution is 0.265. The van der Waals surface area contributed by atoms with Crippen LogP contribution in [0.2, 0.25) is 0 Å². The second-order valence-corrected chi connectivity index (χ2v) is 5.59. The van der Waals surface area contributed by atoms with Crippen molar-refractivity contribution in [1.82, 2.24) is 0 Å². The topological polar surface area (TPSA) is 63.6 Å². The highest BCUT2D eigenvalue weighted by Gasteiger charge is 2.05. The number of hydrogen-bond donors (Lipinski definition) is 1. The lowest BCUT2D eigenvalue weighted by atomic mass is 9.99. The van der Waals surface area contributed by atoms with Gasteiger partial charge < -0.3 is 0 Å². The highest BCUT2D eigenvalue weighted by Crippen LogP contribution is 2.21. The third-order valence-corrected chi connectivity index (χ3v) is 3.42. The Morgan fingerprint density at radius 3 is 2.74 bits per heavy atom. The number of rotatable bonds is 5. The van der Waals surface area contributed by atoms with E-state index < -0.39 is 10.4 Å². The molecule has 0 heterocycles. The molecule has 4 nitrogen and oxygen atoms in total. The fourth-order valence-corrected chi connectivity index (χ4v) is 2.42. The molecular formula is C14H16O4S. The second-order valence-electron chi connectivity index (χ2n) is 4.49. The van der Waals surface area contributed by atoms with Gasteiger partial charge in [-0.2, -0.15) is 8.42 Å². The van der Waals surface area contributed by atoms with Crippen molar-refractivity contribution in [3.8, 4) is 0 Å². The van der Waals surface area contributed by atoms with E-state index >= 15 is 0 Å². The van der Waals surface area contributed by atoms with Crippen molar-refractivity contribution >= 4 is 21.2 Å². The Labute approximate surface area is 113 Å². The molecule has 0 aliphatic heterocycles. The number of fused-ring (bicyclic) bond motifs is 1. The lowest BCUT2D eigenvalue weighted by Gasteiger charge is -2.07. The zero-order chi connectivity index (χ0) is 13.9. The smallest absolute Gasteiger partial charge is 0.264 e. The standard InChI is InChI=1S/C14H16O4S/c1-11-7-8-13-5-2-4-12(14(13)10-11)6-3-9-18-19(15,16)17/h2,4-5,7-8,10H,3,6,9H2,1H3,(H,15,16,17). The monoisotopic (exact) mass is 280 g/mol. The van der Waals surface area contributed by atoms with Gasteiger partial charge in [-0.3, -0.25) is 4.55 Å². The summed E-state index contributed by atoms with van der Waals surface area (Å²) in [6.07, 6.45) is 1.24. The van der Waals surface area contributed by atoms with Crippen LogP contribution in [0, 0.1) is 6.92 Å². The molecule has 0 saturated heterocycles. The van der Waals surface area contributed by atoms with Crippen LogP contribution in [0.4, 0.5) is 0 Å². The normalized spacial score (nSPS) is 11.9. The maximum atomic E-state index is 10.4. The molecule has 0 bridgehead atoms. The summed E-state index contributed by atoms with van der Waals surface area (Å²) in [5.74, 6) is 0. The summed E-state index contributed by atoms with van der Waals surface area (Å²) in [6.45, 7) is 2.03. The maximum absolute atomic E-state index is 10.4. The van der Waals surface area contributed by atoms with E-state index in [4.69, 9.17) is 4.55 Å². The van der Waals surface area contributed by atoms with Crippen molar-refractivity contribution in [3.05, 3.63) is 47.5 Å². The minimum atomic E-state index is -4.33. The van der Waals surface area contributed by atoms with Crippen LogP contribution in [0.1, 0.15) is 17.5 Å². The molecule has 0 saturated carbocycles. The highest BCUT2D eigenvalue weighted by molar-refractivity contribution is 7.80. The van der Waals surface area contributed by atoms with E-state index in [0.29, 0.717) is 12.8 Å². The van der Waals surface area contributed by atoms with Crippen LogP contribution in [0.25, 0.3) is 10.8 Å². The van der Waals surface area contributed by atoms with Gasteiger partial charge in [-0.1, -0.05) is 42.0 Å². The summed E-state index contributed by atoms with van der Waals surface area (Å²) in [6, 6.07) is 12.3. The van der Waals surface area contributed by atoms with Gasteiger partial charge in [-0.05, 0) is 36.1 Å². The maximum Gasteiger partial charge on any atom is 0.397 e. The first-order valence-electron chi connectivity index (χ1n) is 6.06. The van der Waals surface area contributed by atoms with Crippen molar-refractivity contribution in [2.75, 3.05) is 6.61 Å². The van der Waals surface area contributed by atoms with Crippen LogP contribution >= 0.6 is 0 Å². The van der Waals surface area contributed by atoms with Crippen LogP contribution < -0.4 is 0 Å². The van der Waals surface area contributed by atoms with Crippen LogP contribution in [0.5, 0.6) is 0 Å². The molecule has 2 aromatic carbocycles. The van der Waals surface area contributed by atoms with E-state index in [2.05, 4.69) is 22.4 Å². The van der Waals surface area contributed by atoms with Crippen LogP contribution in [-0.4, -0.2) is 19.6 Å². The Balaban J connectivity index is 2.10. The molecule has 19 heavy (non-hydrogen) atoms. The SMILES string of the molecule is Cc1ccc2cccc(CCCOS(=O)(=O)O)c2c1. The Kier molecular flexibility index (Phi) is 4.19. The third kappa shape index (κ3) is 4.02. The molecule has 0 amide bonds. The van der Waals surface area contributed by atoms with Crippen molar-refractivity contribution in [3.63, 3.8) is 0 Å². The van der Waals surface area contributed by atoms with Crippen molar-refractivity contribution < 1.29 is 17.2 Å². The van der Waals surface area contributed by atoms with Gasteiger partial charge in [0, 0.05) is 0 Å². The summed E-state index contributed by atoms with van der Waals surface area (Å²) in [4.78, 5) is 0. The van der Waals surface area contributed by atoms with Gasteiger partial charge in [0.05, 0.1) is 6.61 Å². The Bertz CT molecular complexity index is 677. The molecule has 0 fully saturated rings. The fraction of sp³-hybridized carbons (Fsp3) is 0.286. The number of aryl methyl sites for hydroxylation is 2. The number of hydrogen-bond acceptors (Lipinski definition) is 3. The van der Waals surface area contributed by atoms with Crippen LogP contribution in [0.3, 0.4) is 0 Å². The summed E-state index contributed by atoms with van der Waals surface area (Å²) in [5.41, 5.74) is 2.34. The van der Waals surface area contributed by atoms with Gasteiger partial charge in [-0.25, -0.2) is 4.18 Å². The average Bonchev–Trinajstić information content (AvgIpc) is 2.33. The molecule has 2 rings (SSSR count). The van der Waals surface area contributed by atoms with Gasteiger partial charge in [0.1, 0.15) is 0 Å². The Morgan fingerprint density at radius 1 is 1.21 bits per heavy atom. The molecule has 0 atom stereocenters. The molecular weight excluding hydrogens is 264 g/mol. The van der Waals surface area contributed by atoms with Gasteiger partial charge in [0.15, 0.2) is 0 Å². The Hall–Kier alpha value is -1.43. The van der Waals surface area contributed by atoms with Crippen LogP contribution in [0.15, 0.2) is 36.4 Å². The Morgan fingerprint density at radius 2 is 2.00 bits per heavy atom. The quantitative estimate of drug-likeness (QED) is 0.675. The van der Waals surface area contributed by atoms with Gasteiger partial charge in [0.25, 0.3) is 0 Å². The van der Waals surface area contributed by atoms with E-state index in [1.54, 1.807) is 0 Å². The summed E-state index contributed by atoms with van der Waals surface area (Å²) < 4.78 is 33.7. The zero-order valence-corrected chi connectivity index (χ0v) is 11.5. The predicted octanol–water partition coefficient (Wildman–Crippen LogP) is 2.90. The summed E-state index contributed by atoms with van der Waals surface area (Å²) in [5, 5.41) is 2.34. The summed E-state index contributed by atoms with van der Waals surface area (Å²) >= 11 is 0. The molecule has 0 spiro atoms. The second kappa shape index (κ2) is 5.69. The largest absolute Gasteiger partial charge is 0.397 e.